The summed E-state index contributed by atoms with van der Waals surface area (Å²) in [6.07, 6.45) is 2.52. The minimum absolute atomic E-state index is 0.256. The Balaban J connectivity index is 1.60. The molecule has 30 heavy (non-hydrogen) atoms. The van der Waals surface area contributed by atoms with Gasteiger partial charge in [-0.05, 0) is 33.2 Å². The number of likely N-dealkylation sites (tertiary alicyclic amines) is 1. The van der Waals surface area contributed by atoms with Gasteiger partial charge < -0.3 is 4.48 Å². The van der Waals surface area contributed by atoms with Gasteiger partial charge >= 0.3 is 0 Å². The van der Waals surface area contributed by atoms with E-state index in [1.807, 2.05) is 0 Å². The van der Waals surface area contributed by atoms with Crippen molar-refractivity contribution in [2.75, 3.05) is 27.2 Å². The quantitative estimate of drug-likeness (QED) is 0.410. The van der Waals surface area contributed by atoms with Crippen molar-refractivity contribution in [2.45, 2.75) is 39.0 Å². The largest absolute Gasteiger partial charge is 0.328 e. The average molecular weight is 399 g/mol. The molecule has 1 saturated heterocycles. The third kappa shape index (κ3) is 3.96. The zero-order chi connectivity index (χ0) is 21.4. The van der Waals surface area contributed by atoms with Gasteiger partial charge in [0.2, 0.25) is 0 Å². The van der Waals surface area contributed by atoms with Crippen molar-refractivity contribution in [3.05, 3.63) is 84.4 Å². The first-order valence-corrected chi connectivity index (χ1v) is 11.3. The number of piperidine rings is 1. The first-order valence-electron chi connectivity index (χ1n) is 11.3. The Kier molecular flexibility index (Phi) is 5.36. The van der Waals surface area contributed by atoms with Gasteiger partial charge in [-0.15, -0.1) is 0 Å². The molecular formula is C29H36N+. The third-order valence-corrected chi connectivity index (χ3v) is 7.49. The number of hydrogen-bond acceptors (Lipinski definition) is 0. The molecule has 0 atom stereocenters. The Hall–Kier alpha value is -2.38. The molecule has 1 heteroatoms. The van der Waals surface area contributed by atoms with E-state index in [1.54, 1.807) is 0 Å². The van der Waals surface area contributed by atoms with Crippen LogP contribution in [0.25, 0.3) is 22.3 Å². The lowest BCUT2D eigenvalue weighted by atomic mass is 9.58. The highest BCUT2D eigenvalue weighted by Gasteiger charge is 2.48. The number of rotatable bonds is 3. The molecule has 1 nitrogen and oxygen atoms in total. The predicted molar refractivity (Wildman–Crippen MR) is 130 cm³/mol. The molecule has 0 aromatic heterocycles. The molecule has 1 aliphatic rings. The van der Waals surface area contributed by atoms with Crippen LogP contribution in [0.1, 0.15) is 39.2 Å². The van der Waals surface area contributed by atoms with Crippen molar-refractivity contribution in [1.82, 2.24) is 0 Å². The Bertz CT molecular complexity index is 963. The van der Waals surface area contributed by atoms with E-state index in [1.165, 1.54) is 53.7 Å². The van der Waals surface area contributed by atoms with Crippen molar-refractivity contribution >= 4 is 0 Å². The van der Waals surface area contributed by atoms with Gasteiger partial charge in [0.1, 0.15) is 0 Å². The predicted octanol–water partition coefficient (Wildman–Crippen LogP) is 7.17. The monoisotopic (exact) mass is 398 g/mol. The molecule has 3 aromatic rings. The highest BCUT2D eigenvalue weighted by atomic mass is 15.3. The maximum absolute atomic E-state index is 2.43. The molecule has 1 heterocycles. The second-order valence-electron chi connectivity index (χ2n) is 10.7. The second-order valence-corrected chi connectivity index (χ2v) is 10.7. The van der Waals surface area contributed by atoms with E-state index < -0.39 is 0 Å². The summed E-state index contributed by atoms with van der Waals surface area (Å²) in [5, 5.41) is 0. The molecule has 0 unspecified atom stereocenters. The van der Waals surface area contributed by atoms with E-state index >= 15 is 0 Å². The minimum atomic E-state index is 0.256. The summed E-state index contributed by atoms with van der Waals surface area (Å²) < 4.78 is 1.14. The number of nitrogens with zero attached hydrogens (tertiary/aromatic N) is 1. The molecule has 1 fully saturated rings. The van der Waals surface area contributed by atoms with Crippen molar-refractivity contribution in [3.63, 3.8) is 0 Å². The van der Waals surface area contributed by atoms with Gasteiger partial charge in [-0.3, -0.25) is 0 Å². The van der Waals surface area contributed by atoms with Crippen molar-refractivity contribution in [2.24, 2.45) is 5.41 Å². The Morgan fingerprint density at radius 3 is 1.43 bits per heavy atom. The fourth-order valence-electron chi connectivity index (χ4n) is 5.16. The fourth-order valence-corrected chi connectivity index (χ4v) is 5.16. The highest BCUT2D eigenvalue weighted by Crippen LogP contribution is 2.49. The van der Waals surface area contributed by atoms with Crippen molar-refractivity contribution in [3.8, 4) is 22.3 Å². The maximum Gasteiger partial charge on any atom is 0.0791 e. The molecular weight excluding hydrogens is 362 g/mol. The molecule has 156 valence electrons. The van der Waals surface area contributed by atoms with Gasteiger partial charge in [0.25, 0.3) is 0 Å². The zero-order valence-electron chi connectivity index (χ0n) is 19.3. The molecule has 0 spiro atoms. The maximum atomic E-state index is 2.43. The van der Waals surface area contributed by atoms with E-state index in [0.717, 1.165) is 4.48 Å². The molecule has 0 aliphatic carbocycles. The van der Waals surface area contributed by atoms with Crippen molar-refractivity contribution in [1.29, 1.82) is 0 Å². The van der Waals surface area contributed by atoms with Gasteiger partial charge in [0.15, 0.2) is 0 Å². The highest BCUT2D eigenvalue weighted by molar-refractivity contribution is 5.70. The topological polar surface area (TPSA) is 0 Å². The molecule has 0 N–H and O–H groups in total. The van der Waals surface area contributed by atoms with Crippen molar-refractivity contribution < 1.29 is 4.48 Å². The SMILES string of the molecule is CC(C)(C)C1(c2ccc(-c3ccc(-c4ccccc4)cc3)cc2)CC[N+](C)(C)CC1. The summed E-state index contributed by atoms with van der Waals surface area (Å²) >= 11 is 0. The van der Waals surface area contributed by atoms with Crippen LogP contribution in [0.5, 0.6) is 0 Å². The molecule has 0 radical (unpaired) electrons. The first kappa shape index (κ1) is 20.9. The molecule has 0 saturated carbocycles. The van der Waals surface area contributed by atoms with E-state index in [9.17, 15) is 0 Å². The normalized spacial score (nSPS) is 18.2. The summed E-state index contributed by atoms with van der Waals surface area (Å²) in [6.45, 7) is 9.78. The van der Waals surface area contributed by atoms with E-state index in [0.29, 0.717) is 0 Å². The summed E-state index contributed by atoms with van der Waals surface area (Å²) in [7, 11) is 4.74. The number of benzene rings is 3. The lowest BCUT2D eigenvalue weighted by Gasteiger charge is -2.51. The van der Waals surface area contributed by atoms with Gasteiger partial charge in [-0.25, -0.2) is 0 Å². The Morgan fingerprint density at radius 2 is 1.00 bits per heavy atom. The molecule has 1 aliphatic heterocycles. The summed E-state index contributed by atoms with van der Waals surface area (Å²) in [6, 6.07) is 29.0. The molecule has 4 rings (SSSR count). The van der Waals surface area contributed by atoms with Crippen LogP contribution in [0.15, 0.2) is 78.9 Å². The smallest absolute Gasteiger partial charge is 0.0791 e. The van der Waals surface area contributed by atoms with Crippen LogP contribution in [0.4, 0.5) is 0 Å². The molecule has 0 amide bonds. The van der Waals surface area contributed by atoms with Crippen LogP contribution >= 0.6 is 0 Å². The third-order valence-electron chi connectivity index (χ3n) is 7.49. The van der Waals surface area contributed by atoms with E-state index in [-0.39, 0.29) is 10.8 Å². The summed E-state index contributed by atoms with van der Waals surface area (Å²) in [5.41, 5.74) is 7.15. The number of quaternary nitrogens is 1. The lowest BCUT2D eigenvalue weighted by molar-refractivity contribution is -0.897. The van der Waals surface area contributed by atoms with E-state index in [2.05, 4.69) is 114 Å². The second kappa shape index (κ2) is 7.71. The van der Waals surface area contributed by atoms with Gasteiger partial charge in [0.05, 0.1) is 27.2 Å². The van der Waals surface area contributed by atoms with Crippen LogP contribution in [-0.4, -0.2) is 31.7 Å². The lowest BCUT2D eigenvalue weighted by Crippen LogP contribution is -2.55. The Morgan fingerprint density at radius 1 is 0.600 bits per heavy atom. The first-order chi connectivity index (χ1) is 14.2. The average Bonchev–Trinajstić information content (AvgIpc) is 2.74. The summed E-state index contributed by atoms with van der Waals surface area (Å²) in [4.78, 5) is 0. The van der Waals surface area contributed by atoms with Crippen LogP contribution < -0.4 is 0 Å². The van der Waals surface area contributed by atoms with E-state index in [4.69, 9.17) is 0 Å². The molecule has 0 bridgehead atoms. The van der Waals surface area contributed by atoms with Crippen LogP contribution in [0, 0.1) is 5.41 Å². The molecule has 3 aromatic carbocycles. The van der Waals surface area contributed by atoms with Gasteiger partial charge in [-0.2, -0.15) is 0 Å². The van der Waals surface area contributed by atoms with Crippen LogP contribution in [-0.2, 0) is 5.41 Å². The van der Waals surface area contributed by atoms with Crippen LogP contribution in [0.2, 0.25) is 0 Å². The Labute approximate surface area is 183 Å². The van der Waals surface area contributed by atoms with Crippen LogP contribution in [0.3, 0.4) is 0 Å². The van der Waals surface area contributed by atoms with Gasteiger partial charge in [-0.1, -0.05) is 99.6 Å². The fraction of sp³-hybridized carbons (Fsp3) is 0.379. The van der Waals surface area contributed by atoms with Gasteiger partial charge in [0, 0.05) is 18.3 Å². The standard InChI is InChI=1S/C29H36N/c1-28(2,3)29(19-21-30(4,5)22-20-29)27-17-15-26(16-18-27)25-13-11-24(12-14-25)23-9-7-6-8-10-23/h6-18H,19-22H2,1-5H3/q+1. The number of hydrogen-bond donors (Lipinski definition) is 0. The minimum Gasteiger partial charge on any atom is -0.328 e. The zero-order valence-corrected chi connectivity index (χ0v) is 19.3. The summed E-state index contributed by atoms with van der Waals surface area (Å²) in [5.74, 6) is 0.